The zero-order valence-corrected chi connectivity index (χ0v) is 6.70. The van der Waals surface area contributed by atoms with Crippen LogP contribution in [0.3, 0.4) is 0 Å². The third-order valence-corrected chi connectivity index (χ3v) is 0.175. The van der Waals surface area contributed by atoms with Gasteiger partial charge in [-0.3, -0.25) is 0 Å². The molecule has 0 saturated heterocycles. The van der Waals surface area contributed by atoms with Crippen LogP contribution in [0.5, 0.6) is 0 Å². The SMILES string of the molecule is CO.COC(=O)O.O=C(O)Cl. The van der Waals surface area contributed by atoms with Crippen LogP contribution in [0.2, 0.25) is 0 Å². The van der Waals surface area contributed by atoms with Crippen molar-refractivity contribution in [3.05, 3.63) is 0 Å². The molecule has 0 saturated carbocycles. The van der Waals surface area contributed by atoms with Gasteiger partial charge >= 0.3 is 11.6 Å². The van der Waals surface area contributed by atoms with Crippen LogP contribution in [0.25, 0.3) is 0 Å². The van der Waals surface area contributed by atoms with Crippen LogP contribution in [0, 0.1) is 0 Å². The molecule has 0 fully saturated rings. The Morgan fingerprint density at radius 3 is 1.36 bits per heavy atom. The minimum Gasteiger partial charge on any atom is -0.469 e. The summed E-state index contributed by atoms with van der Waals surface area (Å²) in [6.45, 7) is 0. The highest BCUT2D eigenvalue weighted by Crippen LogP contribution is 1.67. The maximum absolute atomic E-state index is 9.15. The van der Waals surface area contributed by atoms with Crippen molar-refractivity contribution in [3.63, 3.8) is 0 Å². The number of halogens is 1. The maximum Gasteiger partial charge on any atom is 0.505 e. The Bertz CT molecular complexity index is 98.8. The van der Waals surface area contributed by atoms with E-state index in [2.05, 4.69) is 16.3 Å². The second-order valence-electron chi connectivity index (χ2n) is 0.723. The Kier molecular flexibility index (Phi) is 24.0. The molecule has 0 radical (unpaired) electrons. The molecule has 0 unspecified atom stereocenters. The zero-order chi connectivity index (χ0) is 9.86. The van der Waals surface area contributed by atoms with Crippen molar-refractivity contribution in [1.29, 1.82) is 0 Å². The van der Waals surface area contributed by atoms with Crippen LogP contribution in [0.4, 0.5) is 9.59 Å². The molecule has 0 aliphatic heterocycles. The topological polar surface area (TPSA) is 104 Å². The number of hydrogen-bond donors (Lipinski definition) is 3. The third-order valence-electron chi connectivity index (χ3n) is 0.175. The quantitative estimate of drug-likeness (QED) is 0.384. The molecule has 0 aromatic rings. The maximum atomic E-state index is 9.15. The first-order chi connectivity index (χ1) is 5.00. The smallest absolute Gasteiger partial charge is 0.469 e. The standard InChI is InChI=1S/C2H4O3.CHClO2.CH4O/c1-5-2(3)4;2-1(3)4;1-2/h1H3,(H,3,4);(H,3,4);2H,1H3. The average molecular weight is 189 g/mol. The number of aliphatic hydroxyl groups excluding tert-OH is 1. The first kappa shape index (κ1) is 16.5. The lowest BCUT2D eigenvalue weighted by Crippen LogP contribution is -1.91. The van der Waals surface area contributed by atoms with Crippen molar-refractivity contribution in [2.75, 3.05) is 14.2 Å². The molecule has 0 aliphatic rings. The lowest BCUT2D eigenvalue weighted by molar-refractivity contribution is 0.113. The van der Waals surface area contributed by atoms with Gasteiger partial charge in [-0.05, 0) is 0 Å². The van der Waals surface area contributed by atoms with E-state index in [0.29, 0.717) is 0 Å². The molecule has 0 heterocycles. The van der Waals surface area contributed by atoms with Gasteiger partial charge < -0.3 is 20.1 Å². The van der Waals surface area contributed by atoms with E-state index in [4.69, 9.17) is 24.9 Å². The number of carbonyl (C=O) groups is 2. The Balaban J connectivity index is -0.0000000965. The van der Waals surface area contributed by atoms with Crippen molar-refractivity contribution in [2.45, 2.75) is 0 Å². The summed E-state index contributed by atoms with van der Waals surface area (Å²) in [7, 11) is 2.10. The van der Waals surface area contributed by atoms with Gasteiger partial charge in [-0.1, -0.05) is 0 Å². The van der Waals surface area contributed by atoms with E-state index in [0.717, 1.165) is 14.2 Å². The fourth-order valence-electron chi connectivity index (χ4n) is 0. The Morgan fingerprint density at radius 1 is 1.27 bits per heavy atom. The van der Waals surface area contributed by atoms with Crippen LogP contribution in [-0.4, -0.2) is 41.1 Å². The zero-order valence-electron chi connectivity index (χ0n) is 5.94. The molecule has 0 aromatic heterocycles. The molecule has 0 amide bonds. The van der Waals surface area contributed by atoms with Gasteiger partial charge in [-0.2, -0.15) is 0 Å². The number of ether oxygens (including phenoxy) is 1. The van der Waals surface area contributed by atoms with E-state index < -0.39 is 11.6 Å². The lowest BCUT2D eigenvalue weighted by atomic mass is 11.4. The van der Waals surface area contributed by atoms with E-state index in [1.54, 1.807) is 0 Å². The van der Waals surface area contributed by atoms with Gasteiger partial charge in [0, 0.05) is 18.7 Å². The summed E-state index contributed by atoms with van der Waals surface area (Å²) < 4.78 is 3.67. The van der Waals surface area contributed by atoms with Crippen LogP contribution >= 0.6 is 11.6 Å². The second kappa shape index (κ2) is 16.0. The first-order valence-corrected chi connectivity index (χ1v) is 2.48. The first-order valence-electron chi connectivity index (χ1n) is 2.10. The third kappa shape index (κ3) is 448. The molecule has 68 valence electrons. The number of methoxy groups -OCH3 is 1. The summed E-state index contributed by atoms with van der Waals surface area (Å²) in [6, 6.07) is 0. The molecule has 3 N–H and O–H groups in total. The fraction of sp³-hybridized carbons (Fsp3) is 0.500. The number of hydrogen-bond acceptors (Lipinski definition) is 4. The summed E-state index contributed by atoms with van der Waals surface area (Å²) in [5.74, 6) is 0. The summed E-state index contributed by atoms with van der Waals surface area (Å²) >= 11 is 4.19. The molecular weight excluding hydrogens is 179 g/mol. The van der Waals surface area contributed by atoms with Gasteiger partial charge in [-0.25, -0.2) is 9.59 Å². The number of carboxylic acid groups (broad SMARTS) is 2. The molecule has 0 atom stereocenters. The second-order valence-corrected chi connectivity index (χ2v) is 1.05. The van der Waals surface area contributed by atoms with Gasteiger partial charge in [0.05, 0.1) is 7.11 Å². The highest BCUT2D eigenvalue weighted by atomic mass is 35.5. The molecule has 7 heteroatoms. The van der Waals surface area contributed by atoms with Gasteiger partial charge in [0.1, 0.15) is 0 Å². The Hall–Kier alpha value is -1.01. The van der Waals surface area contributed by atoms with Crippen LogP contribution < -0.4 is 0 Å². The van der Waals surface area contributed by atoms with E-state index in [-0.39, 0.29) is 0 Å². The predicted molar refractivity (Wildman–Crippen MR) is 37.1 cm³/mol. The highest BCUT2D eigenvalue weighted by Gasteiger charge is 1.80. The Morgan fingerprint density at radius 2 is 1.36 bits per heavy atom. The van der Waals surface area contributed by atoms with Crippen molar-refractivity contribution in [2.24, 2.45) is 0 Å². The predicted octanol–water partition coefficient (Wildman–Crippen LogP) is 0.822. The van der Waals surface area contributed by atoms with Crippen LogP contribution in [0.15, 0.2) is 0 Å². The molecule has 0 aromatic carbocycles. The molecule has 0 rings (SSSR count). The molecule has 0 spiro atoms. The molecule has 0 bridgehead atoms. The van der Waals surface area contributed by atoms with E-state index in [1.807, 2.05) is 0 Å². The van der Waals surface area contributed by atoms with Gasteiger partial charge in [0.15, 0.2) is 0 Å². The van der Waals surface area contributed by atoms with Crippen molar-refractivity contribution < 1.29 is 29.6 Å². The normalized spacial score (nSPS) is 5.82. The number of aliphatic hydroxyl groups is 1. The van der Waals surface area contributed by atoms with E-state index in [1.165, 1.54) is 0 Å². The minimum absolute atomic E-state index is 1.00. The molecule has 0 aliphatic carbocycles. The summed E-state index contributed by atoms with van der Waals surface area (Å²) in [6.07, 6.45) is -1.25. The van der Waals surface area contributed by atoms with E-state index in [9.17, 15) is 0 Å². The average Bonchev–Trinajstić information content (AvgIpc) is 1.91. The van der Waals surface area contributed by atoms with E-state index >= 15 is 0 Å². The monoisotopic (exact) mass is 188 g/mol. The van der Waals surface area contributed by atoms with Gasteiger partial charge in [-0.15, -0.1) is 0 Å². The fourth-order valence-corrected chi connectivity index (χ4v) is 0. The lowest BCUT2D eigenvalue weighted by Gasteiger charge is -1.79. The van der Waals surface area contributed by atoms with Gasteiger partial charge in [0.2, 0.25) is 0 Å². The van der Waals surface area contributed by atoms with Crippen molar-refractivity contribution in [1.82, 2.24) is 0 Å². The summed E-state index contributed by atoms with van der Waals surface area (Å²) in [5, 5.41) is 21.7. The van der Waals surface area contributed by atoms with Crippen molar-refractivity contribution >= 4 is 23.2 Å². The molecular formula is C4H9ClO6. The number of rotatable bonds is 0. The highest BCUT2D eigenvalue weighted by molar-refractivity contribution is 6.60. The van der Waals surface area contributed by atoms with Crippen LogP contribution in [-0.2, 0) is 4.74 Å². The summed E-state index contributed by atoms with van der Waals surface area (Å²) in [4.78, 5) is 17.9. The van der Waals surface area contributed by atoms with Crippen molar-refractivity contribution in [3.8, 4) is 0 Å². The molecule has 6 nitrogen and oxygen atoms in total. The summed E-state index contributed by atoms with van der Waals surface area (Å²) in [5.41, 5.74) is -1.36. The van der Waals surface area contributed by atoms with Gasteiger partial charge in [0.25, 0.3) is 0 Å². The Labute approximate surface area is 68.0 Å². The largest absolute Gasteiger partial charge is 0.505 e. The van der Waals surface area contributed by atoms with Crippen LogP contribution in [0.1, 0.15) is 0 Å². The minimum atomic E-state index is -1.36. The molecule has 11 heavy (non-hydrogen) atoms.